The van der Waals surface area contributed by atoms with Gasteiger partial charge in [0.15, 0.2) is 23.0 Å². The lowest BCUT2D eigenvalue weighted by atomic mass is 9.90. The number of quaternary nitrogens is 1. The SMILES string of the molecule is CC(N)c1ccccc1.CC([NH3+])c1ccccc1.Cn1cc(C(C(=O)O)c2ccc3c(c2)OCO3)c2ccc(C(=O)OCc3ccccc3)cc21.Cn1cc(C(C(=O)[O-])c2ccc3c(c2)OCO3)c2ccc(C(=O)OCc3ccccc3)cc21. The van der Waals surface area contributed by atoms with Crippen molar-refractivity contribution in [2.75, 3.05) is 13.6 Å². The van der Waals surface area contributed by atoms with Crippen LogP contribution in [0.1, 0.15) is 103 Å². The highest BCUT2D eigenvalue weighted by atomic mass is 16.7. The quantitative estimate of drug-likeness (QED) is 0.0862. The Morgan fingerprint density at radius 1 is 0.524 bits per heavy atom. The zero-order valence-electron chi connectivity index (χ0n) is 46.9. The molecule has 0 bridgehead atoms. The molecule has 8 aromatic carbocycles. The number of fused-ring (bicyclic) bond motifs is 4. The van der Waals surface area contributed by atoms with Crippen molar-refractivity contribution in [2.24, 2.45) is 19.8 Å². The first kappa shape index (κ1) is 58.5. The highest BCUT2D eigenvalue weighted by Crippen LogP contribution is 2.41. The van der Waals surface area contributed by atoms with E-state index in [1.165, 1.54) is 11.1 Å². The van der Waals surface area contributed by atoms with Crippen LogP contribution in [-0.2, 0) is 46.4 Å². The van der Waals surface area contributed by atoms with Gasteiger partial charge in [0.1, 0.15) is 25.2 Å². The summed E-state index contributed by atoms with van der Waals surface area (Å²) in [5.41, 5.74) is 18.4. The van der Waals surface area contributed by atoms with Crippen LogP contribution in [0, 0.1) is 0 Å². The van der Waals surface area contributed by atoms with Crippen molar-refractivity contribution < 1.29 is 63.5 Å². The molecule has 4 atom stereocenters. The van der Waals surface area contributed by atoms with Crippen LogP contribution in [0.4, 0.5) is 0 Å². The number of carbonyl (C=O) groups is 4. The number of carbonyl (C=O) groups excluding carboxylic acids is 3. The maximum atomic E-state index is 12.6. The Bertz CT molecular complexity index is 3650. The molecule has 4 heterocycles. The van der Waals surface area contributed by atoms with Gasteiger partial charge in [0, 0.05) is 59.9 Å². The molecule has 16 nitrogen and oxygen atoms in total. The fraction of sp³-hybridized carbons (Fsp3) is 0.176. The lowest BCUT2D eigenvalue weighted by Gasteiger charge is -2.18. The topological polar surface area (TPSA) is 230 Å². The second-order valence-electron chi connectivity index (χ2n) is 20.2. The van der Waals surface area contributed by atoms with Crippen LogP contribution in [0.2, 0.25) is 0 Å². The van der Waals surface area contributed by atoms with Gasteiger partial charge in [0.05, 0.1) is 23.0 Å². The van der Waals surface area contributed by atoms with Gasteiger partial charge in [0.25, 0.3) is 0 Å². The molecule has 0 amide bonds. The zero-order valence-corrected chi connectivity index (χ0v) is 46.9. The largest absolute Gasteiger partial charge is 0.549 e. The third-order valence-electron chi connectivity index (χ3n) is 14.2. The Labute approximate surface area is 485 Å². The summed E-state index contributed by atoms with van der Waals surface area (Å²) in [7, 11) is 3.63. The van der Waals surface area contributed by atoms with Crippen molar-refractivity contribution in [2.45, 2.75) is 51.0 Å². The molecule has 2 aliphatic rings. The molecule has 428 valence electrons. The molecule has 4 unspecified atom stereocenters. The van der Waals surface area contributed by atoms with Crippen molar-refractivity contribution in [1.82, 2.24) is 9.13 Å². The van der Waals surface area contributed by atoms with Crippen LogP contribution in [0.25, 0.3) is 21.8 Å². The van der Waals surface area contributed by atoms with Crippen LogP contribution in [-0.4, -0.2) is 51.7 Å². The van der Waals surface area contributed by atoms with Gasteiger partial charge in [0.2, 0.25) is 13.6 Å². The molecule has 0 saturated heterocycles. The maximum Gasteiger partial charge on any atom is 0.338 e. The Kier molecular flexibility index (Phi) is 18.9. The number of nitrogens with zero attached hydrogens (tertiary/aromatic N) is 2. The van der Waals surface area contributed by atoms with E-state index in [0.29, 0.717) is 73.3 Å². The van der Waals surface area contributed by atoms with Crippen LogP contribution in [0.15, 0.2) is 207 Å². The van der Waals surface area contributed by atoms with Gasteiger partial charge in [-0.2, -0.15) is 0 Å². The molecule has 84 heavy (non-hydrogen) atoms. The van der Waals surface area contributed by atoms with E-state index in [4.69, 9.17) is 34.2 Å². The number of benzene rings is 8. The molecular formula is C68H64N4O12. The van der Waals surface area contributed by atoms with E-state index < -0.39 is 35.7 Å². The molecule has 2 aliphatic heterocycles. The highest BCUT2D eigenvalue weighted by Gasteiger charge is 2.29. The van der Waals surface area contributed by atoms with E-state index in [0.717, 1.165) is 22.0 Å². The summed E-state index contributed by atoms with van der Waals surface area (Å²) in [5.74, 6) is -2.81. The molecule has 0 saturated carbocycles. The highest BCUT2D eigenvalue weighted by molar-refractivity contribution is 5.99. The minimum atomic E-state index is -1.23. The van der Waals surface area contributed by atoms with E-state index in [9.17, 15) is 29.4 Å². The minimum absolute atomic E-state index is 0.103. The van der Waals surface area contributed by atoms with E-state index in [1.54, 1.807) is 96.8 Å². The predicted octanol–water partition coefficient (Wildman–Crippen LogP) is 10.3. The van der Waals surface area contributed by atoms with Crippen molar-refractivity contribution in [3.63, 3.8) is 0 Å². The standard InChI is InChI=1S/2C26H21NO6.2C8H11N/c2*1-27-13-20(24(25(28)29)17-8-10-22-23(12-17)33-15-32-22)19-9-7-18(11-21(19)27)26(30)31-14-16-5-3-2-4-6-16;2*1-7(9)8-5-3-2-4-6-8/h2*2-13,24H,14-15H2,1H3,(H,28,29);2*2-7H,9H2,1H3. The first-order chi connectivity index (χ1) is 40.6. The maximum absolute atomic E-state index is 12.6. The second-order valence-corrected chi connectivity index (χ2v) is 20.2. The van der Waals surface area contributed by atoms with Gasteiger partial charge >= 0.3 is 17.9 Å². The third-order valence-corrected chi connectivity index (χ3v) is 14.2. The Morgan fingerprint density at radius 2 is 0.917 bits per heavy atom. The molecule has 0 spiro atoms. The van der Waals surface area contributed by atoms with E-state index >= 15 is 0 Å². The van der Waals surface area contributed by atoms with Crippen molar-refractivity contribution >= 4 is 45.7 Å². The van der Waals surface area contributed by atoms with E-state index in [1.807, 2.05) is 128 Å². The molecule has 6 N–H and O–H groups in total. The second kappa shape index (κ2) is 27.1. The molecule has 16 heteroatoms. The lowest BCUT2D eigenvalue weighted by molar-refractivity contribution is -0.420. The number of nitrogens with two attached hydrogens (primary N) is 1. The predicted molar refractivity (Wildman–Crippen MR) is 315 cm³/mol. The Hall–Kier alpha value is -10.2. The van der Waals surface area contributed by atoms with Crippen LogP contribution in [0.5, 0.6) is 23.0 Å². The van der Waals surface area contributed by atoms with Gasteiger partial charge in [-0.1, -0.05) is 146 Å². The number of aliphatic carboxylic acids is 2. The van der Waals surface area contributed by atoms with Crippen molar-refractivity contribution in [3.05, 3.63) is 262 Å². The third kappa shape index (κ3) is 14.1. The summed E-state index contributed by atoms with van der Waals surface area (Å²) in [5, 5.41) is 23.7. The number of esters is 2. The first-order valence-corrected chi connectivity index (χ1v) is 27.1. The number of ether oxygens (including phenoxy) is 6. The van der Waals surface area contributed by atoms with Crippen LogP contribution < -0.4 is 35.5 Å². The van der Waals surface area contributed by atoms with Crippen LogP contribution >= 0.6 is 0 Å². The van der Waals surface area contributed by atoms with Gasteiger partial charge in [-0.25, -0.2) is 9.59 Å². The average Bonchev–Trinajstić information content (AvgIpc) is 3.29. The van der Waals surface area contributed by atoms with Gasteiger partial charge in [-0.15, -0.1) is 0 Å². The number of carboxylic acids is 2. The Balaban J connectivity index is 0.000000156. The number of hydrogen-bond donors (Lipinski definition) is 3. The fourth-order valence-electron chi connectivity index (χ4n) is 9.78. The van der Waals surface area contributed by atoms with Crippen molar-refractivity contribution in [1.29, 1.82) is 0 Å². The van der Waals surface area contributed by atoms with E-state index in [2.05, 4.69) is 24.8 Å². The molecule has 0 radical (unpaired) electrons. The molecule has 2 aromatic heterocycles. The lowest BCUT2D eigenvalue weighted by Crippen LogP contribution is -2.51. The van der Waals surface area contributed by atoms with Gasteiger partial charge in [-0.3, -0.25) is 4.79 Å². The fourth-order valence-corrected chi connectivity index (χ4v) is 9.78. The number of rotatable bonds is 14. The zero-order chi connectivity index (χ0) is 59.3. The van der Waals surface area contributed by atoms with E-state index in [-0.39, 0.29) is 32.8 Å². The van der Waals surface area contributed by atoms with Gasteiger partial charge < -0.3 is 64.0 Å². The molecule has 0 fully saturated rings. The smallest absolute Gasteiger partial charge is 0.338 e. The monoisotopic (exact) mass is 1130 g/mol. The molecule has 0 aliphatic carbocycles. The normalized spacial score (nSPS) is 13.1. The summed E-state index contributed by atoms with van der Waals surface area (Å²) in [4.78, 5) is 49.7. The number of carboxylic acid groups (broad SMARTS) is 2. The van der Waals surface area contributed by atoms with Gasteiger partial charge in [-0.05, 0) is 101 Å². The summed E-state index contributed by atoms with van der Waals surface area (Å²) in [6, 6.07) is 60.3. The number of aromatic nitrogens is 2. The summed E-state index contributed by atoms with van der Waals surface area (Å²) in [6.45, 7) is 4.65. The molecule has 12 rings (SSSR count). The summed E-state index contributed by atoms with van der Waals surface area (Å²) >= 11 is 0. The molecule has 10 aromatic rings. The first-order valence-electron chi connectivity index (χ1n) is 27.1. The van der Waals surface area contributed by atoms with Crippen LogP contribution in [0.3, 0.4) is 0 Å². The summed E-state index contributed by atoms with van der Waals surface area (Å²) in [6.07, 6.45) is 3.53. The molecular weight excluding hydrogens is 1060 g/mol. The van der Waals surface area contributed by atoms with Crippen molar-refractivity contribution in [3.8, 4) is 23.0 Å². The number of aryl methyl sites for hydroxylation is 2. The average molecular weight is 1130 g/mol. The number of hydrogen-bond acceptors (Lipinski definition) is 12. The summed E-state index contributed by atoms with van der Waals surface area (Å²) < 4.78 is 36.0. The minimum Gasteiger partial charge on any atom is -0.549 e. The Morgan fingerprint density at radius 3 is 1.30 bits per heavy atom.